The number of hydrogen-bond donors (Lipinski definition) is 1. The predicted molar refractivity (Wildman–Crippen MR) is 75.4 cm³/mol. The summed E-state index contributed by atoms with van der Waals surface area (Å²) in [5, 5.41) is 3.17. The van der Waals surface area contributed by atoms with Gasteiger partial charge in [-0.2, -0.15) is 0 Å². The van der Waals surface area contributed by atoms with Crippen molar-refractivity contribution in [2.75, 3.05) is 13.6 Å². The Labute approximate surface area is 110 Å². The minimum atomic E-state index is 0.979. The SMILES string of the molecule is CCn1c(CCCNC)nc2cc(Br)ccc21. The van der Waals surface area contributed by atoms with Crippen LogP contribution < -0.4 is 5.32 Å². The molecule has 0 saturated carbocycles. The summed E-state index contributed by atoms with van der Waals surface area (Å²) in [6.45, 7) is 4.19. The summed E-state index contributed by atoms with van der Waals surface area (Å²) in [7, 11) is 1.99. The van der Waals surface area contributed by atoms with Gasteiger partial charge in [-0.1, -0.05) is 15.9 Å². The first-order valence-electron chi connectivity index (χ1n) is 6.05. The number of imidazole rings is 1. The van der Waals surface area contributed by atoms with E-state index in [0.717, 1.165) is 35.9 Å². The van der Waals surface area contributed by atoms with Gasteiger partial charge in [-0.05, 0) is 45.1 Å². The van der Waals surface area contributed by atoms with E-state index in [1.165, 1.54) is 11.3 Å². The molecule has 1 heterocycles. The quantitative estimate of drug-likeness (QED) is 0.860. The molecular formula is C13H18BrN3. The molecule has 2 aromatic rings. The maximum absolute atomic E-state index is 4.72. The lowest BCUT2D eigenvalue weighted by Crippen LogP contribution is -2.10. The molecule has 0 radical (unpaired) electrons. The van der Waals surface area contributed by atoms with Crippen LogP contribution in [0.5, 0.6) is 0 Å². The number of benzene rings is 1. The van der Waals surface area contributed by atoms with Gasteiger partial charge in [-0.3, -0.25) is 0 Å². The van der Waals surface area contributed by atoms with Crippen molar-refractivity contribution in [3.63, 3.8) is 0 Å². The third kappa shape index (κ3) is 2.69. The van der Waals surface area contributed by atoms with E-state index in [-0.39, 0.29) is 0 Å². The van der Waals surface area contributed by atoms with Crippen LogP contribution in [0.15, 0.2) is 22.7 Å². The number of rotatable bonds is 5. The Morgan fingerprint density at radius 2 is 2.24 bits per heavy atom. The summed E-state index contributed by atoms with van der Waals surface area (Å²) in [4.78, 5) is 4.72. The van der Waals surface area contributed by atoms with Crippen molar-refractivity contribution >= 4 is 27.0 Å². The van der Waals surface area contributed by atoms with Crippen LogP contribution in [0.25, 0.3) is 11.0 Å². The van der Waals surface area contributed by atoms with E-state index < -0.39 is 0 Å². The molecule has 0 spiro atoms. The highest BCUT2D eigenvalue weighted by atomic mass is 79.9. The standard InChI is InChI=1S/C13H18BrN3/c1-3-17-12-7-6-10(14)9-11(12)16-13(17)5-4-8-15-2/h6-7,9,15H,3-5,8H2,1-2H3. The normalized spacial score (nSPS) is 11.2. The smallest absolute Gasteiger partial charge is 0.109 e. The lowest BCUT2D eigenvalue weighted by Gasteiger charge is -2.05. The number of aromatic nitrogens is 2. The average molecular weight is 296 g/mol. The van der Waals surface area contributed by atoms with E-state index in [9.17, 15) is 0 Å². The van der Waals surface area contributed by atoms with Crippen LogP contribution in [0, 0.1) is 0 Å². The van der Waals surface area contributed by atoms with Crippen molar-refractivity contribution in [2.45, 2.75) is 26.3 Å². The molecule has 0 amide bonds. The Morgan fingerprint density at radius 1 is 1.41 bits per heavy atom. The van der Waals surface area contributed by atoms with Gasteiger partial charge in [-0.15, -0.1) is 0 Å². The maximum atomic E-state index is 4.72. The lowest BCUT2D eigenvalue weighted by atomic mass is 10.3. The number of hydrogen-bond acceptors (Lipinski definition) is 2. The van der Waals surface area contributed by atoms with E-state index in [1.54, 1.807) is 0 Å². The minimum absolute atomic E-state index is 0.979. The fraction of sp³-hybridized carbons (Fsp3) is 0.462. The van der Waals surface area contributed by atoms with Crippen molar-refractivity contribution in [3.05, 3.63) is 28.5 Å². The number of halogens is 1. The highest BCUT2D eigenvalue weighted by Gasteiger charge is 2.09. The Balaban J connectivity index is 2.34. The van der Waals surface area contributed by atoms with Crippen LogP contribution in [-0.2, 0) is 13.0 Å². The number of nitrogens with one attached hydrogen (secondary N) is 1. The van der Waals surface area contributed by atoms with E-state index >= 15 is 0 Å². The van der Waals surface area contributed by atoms with Crippen molar-refractivity contribution < 1.29 is 0 Å². The molecular weight excluding hydrogens is 278 g/mol. The van der Waals surface area contributed by atoms with Crippen LogP contribution in [0.2, 0.25) is 0 Å². The van der Waals surface area contributed by atoms with E-state index in [2.05, 4.69) is 50.9 Å². The second-order valence-corrected chi connectivity index (χ2v) is 5.03. The Kier molecular flexibility index (Phi) is 4.18. The van der Waals surface area contributed by atoms with E-state index in [0.29, 0.717) is 0 Å². The molecule has 4 heteroatoms. The van der Waals surface area contributed by atoms with Gasteiger partial charge in [-0.25, -0.2) is 4.98 Å². The van der Waals surface area contributed by atoms with Crippen LogP contribution in [0.1, 0.15) is 19.2 Å². The largest absolute Gasteiger partial charge is 0.328 e. The van der Waals surface area contributed by atoms with E-state index in [4.69, 9.17) is 4.98 Å². The summed E-state index contributed by atoms with van der Waals surface area (Å²) in [6.07, 6.45) is 2.15. The first-order chi connectivity index (χ1) is 8.26. The maximum Gasteiger partial charge on any atom is 0.109 e. The second-order valence-electron chi connectivity index (χ2n) is 4.11. The zero-order valence-electron chi connectivity index (χ0n) is 10.3. The van der Waals surface area contributed by atoms with Gasteiger partial charge < -0.3 is 9.88 Å². The summed E-state index contributed by atoms with van der Waals surface area (Å²) in [6, 6.07) is 6.30. The summed E-state index contributed by atoms with van der Waals surface area (Å²) in [5.41, 5.74) is 2.32. The third-order valence-electron chi connectivity index (χ3n) is 2.93. The number of aryl methyl sites for hydroxylation is 2. The molecule has 3 nitrogen and oxygen atoms in total. The molecule has 17 heavy (non-hydrogen) atoms. The topological polar surface area (TPSA) is 29.9 Å². The molecule has 0 atom stereocenters. The Bertz CT molecular complexity index is 505. The van der Waals surface area contributed by atoms with Crippen molar-refractivity contribution in [1.29, 1.82) is 0 Å². The Hall–Kier alpha value is -0.870. The van der Waals surface area contributed by atoms with Crippen LogP contribution in [0.3, 0.4) is 0 Å². The number of nitrogens with zero attached hydrogens (tertiary/aromatic N) is 2. The summed E-state index contributed by atoms with van der Waals surface area (Å²) >= 11 is 3.49. The van der Waals surface area contributed by atoms with Gasteiger partial charge in [0.25, 0.3) is 0 Å². The monoisotopic (exact) mass is 295 g/mol. The van der Waals surface area contributed by atoms with Gasteiger partial charge in [0.15, 0.2) is 0 Å². The molecule has 0 unspecified atom stereocenters. The van der Waals surface area contributed by atoms with Crippen LogP contribution in [-0.4, -0.2) is 23.1 Å². The third-order valence-corrected chi connectivity index (χ3v) is 3.43. The average Bonchev–Trinajstić information content (AvgIpc) is 2.66. The molecule has 0 aliphatic rings. The van der Waals surface area contributed by atoms with Crippen LogP contribution in [0.4, 0.5) is 0 Å². The van der Waals surface area contributed by atoms with Crippen molar-refractivity contribution in [1.82, 2.24) is 14.9 Å². The first-order valence-corrected chi connectivity index (χ1v) is 6.84. The molecule has 92 valence electrons. The first kappa shape index (κ1) is 12.6. The fourth-order valence-corrected chi connectivity index (χ4v) is 2.47. The Morgan fingerprint density at radius 3 is 2.94 bits per heavy atom. The molecule has 1 N–H and O–H groups in total. The van der Waals surface area contributed by atoms with Gasteiger partial charge in [0.2, 0.25) is 0 Å². The highest BCUT2D eigenvalue weighted by molar-refractivity contribution is 9.10. The van der Waals surface area contributed by atoms with Crippen molar-refractivity contribution in [3.8, 4) is 0 Å². The summed E-state index contributed by atoms with van der Waals surface area (Å²) < 4.78 is 3.39. The molecule has 0 bridgehead atoms. The zero-order valence-corrected chi connectivity index (χ0v) is 11.9. The summed E-state index contributed by atoms with van der Waals surface area (Å²) in [5.74, 6) is 1.19. The molecule has 0 saturated heterocycles. The highest BCUT2D eigenvalue weighted by Crippen LogP contribution is 2.21. The van der Waals surface area contributed by atoms with Gasteiger partial charge in [0.1, 0.15) is 5.82 Å². The van der Waals surface area contributed by atoms with Crippen molar-refractivity contribution in [2.24, 2.45) is 0 Å². The van der Waals surface area contributed by atoms with Gasteiger partial charge in [0.05, 0.1) is 11.0 Å². The zero-order chi connectivity index (χ0) is 12.3. The van der Waals surface area contributed by atoms with Gasteiger partial charge >= 0.3 is 0 Å². The molecule has 1 aromatic carbocycles. The molecule has 0 fully saturated rings. The van der Waals surface area contributed by atoms with Gasteiger partial charge in [0, 0.05) is 17.4 Å². The predicted octanol–water partition coefficient (Wildman–Crippen LogP) is 2.97. The lowest BCUT2D eigenvalue weighted by molar-refractivity contribution is 0.657. The van der Waals surface area contributed by atoms with E-state index in [1.807, 2.05) is 7.05 Å². The molecule has 0 aliphatic heterocycles. The fourth-order valence-electron chi connectivity index (χ4n) is 2.12. The molecule has 1 aromatic heterocycles. The minimum Gasteiger partial charge on any atom is -0.328 e. The number of fused-ring (bicyclic) bond motifs is 1. The molecule has 0 aliphatic carbocycles. The van der Waals surface area contributed by atoms with Crippen LogP contribution >= 0.6 is 15.9 Å². The second kappa shape index (κ2) is 5.65. The molecule has 2 rings (SSSR count).